The van der Waals surface area contributed by atoms with Crippen LogP contribution in [0.1, 0.15) is 51.2 Å². The van der Waals surface area contributed by atoms with Crippen LogP contribution in [-0.4, -0.2) is 24.1 Å². The van der Waals surface area contributed by atoms with Gasteiger partial charge in [-0.15, -0.1) is 0 Å². The van der Waals surface area contributed by atoms with Crippen molar-refractivity contribution in [1.29, 1.82) is 0 Å². The summed E-state index contributed by atoms with van der Waals surface area (Å²) < 4.78 is 0. The van der Waals surface area contributed by atoms with Gasteiger partial charge in [-0.25, -0.2) is 4.98 Å². The van der Waals surface area contributed by atoms with E-state index in [1.54, 1.807) is 0 Å². The molecule has 2 rings (SSSR count). The summed E-state index contributed by atoms with van der Waals surface area (Å²) in [4.78, 5) is 7.19. The lowest BCUT2D eigenvalue weighted by Crippen LogP contribution is -2.23. The lowest BCUT2D eigenvalue weighted by atomic mass is 10.0. The Labute approximate surface area is 123 Å². The second-order valence-electron chi connectivity index (χ2n) is 6.41. The minimum Gasteiger partial charge on any atom is -0.356 e. The van der Waals surface area contributed by atoms with Crippen LogP contribution < -0.4 is 10.2 Å². The molecule has 0 saturated carbocycles. The van der Waals surface area contributed by atoms with Crippen molar-refractivity contribution >= 4 is 5.82 Å². The average molecular weight is 275 g/mol. The molecule has 112 valence electrons. The normalized spacial score (nSPS) is 19.1. The van der Waals surface area contributed by atoms with Crippen molar-refractivity contribution in [3.63, 3.8) is 0 Å². The largest absolute Gasteiger partial charge is 0.356 e. The first-order chi connectivity index (χ1) is 9.60. The lowest BCUT2D eigenvalue weighted by Gasteiger charge is -2.20. The zero-order valence-corrected chi connectivity index (χ0v) is 13.4. The van der Waals surface area contributed by atoms with Gasteiger partial charge in [0.15, 0.2) is 0 Å². The molecule has 0 radical (unpaired) electrons. The summed E-state index contributed by atoms with van der Waals surface area (Å²) in [5, 5.41) is 3.45. The standard InChI is InChI=1S/C17H29N3/c1-5-6-15-7-8-20(12-15)17-14(4)9-16(11-19-17)10-18-13(2)3/h9,11,13,15,18H,5-8,10,12H2,1-4H3. The molecule has 1 aromatic heterocycles. The quantitative estimate of drug-likeness (QED) is 0.861. The predicted molar refractivity (Wildman–Crippen MR) is 86.2 cm³/mol. The second kappa shape index (κ2) is 7.07. The maximum atomic E-state index is 4.72. The van der Waals surface area contributed by atoms with E-state index in [0.717, 1.165) is 12.5 Å². The first-order valence-electron chi connectivity index (χ1n) is 8.04. The van der Waals surface area contributed by atoms with E-state index in [1.807, 2.05) is 6.20 Å². The second-order valence-corrected chi connectivity index (χ2v) is 6.41. The molecule has 2 heterocycles. The molecule has 3 heteroatoms. The van der Waals surface area contributed by atoms with Crippen molar-refractivity contribution < 1.29 is 0 Å². The van der Waals surface area contributed by atoms with E-state index in [9.17, 15) is 0 Å². The summed E-state index contributed by atoms with van der Waals surface area (Å²) in [6.07, 6.45) is 6.01. The summed E-state index contributed by atoms with van der Waals surface area (Å²) in [5.41, 5.74) is 2.59. The van der Waals surface area contributed by atoms with Crippen molar-refractivity contribution in [2.45, 2.75) is 59.5 Å². The summed E-state index contributed by atoms with van der Waals surface area (Å²) in [7, 11) is 0. The summed E-state index contributed by atoms with van der Waals surface area (Å²) >= 11 is 0. The fraction of sp³-hybridized carbons (Fsp3) is 0.706. The number of pyridine rings is 1. The summed E-state index contributed by atoms with van der Waals surface area (Å²) in [5.74, 6) is 2.06. The number of hydrogen-bond acceptors (Lipinski definition) is 3. The average Bonchev–Trinajstić information content (AvgIpc) is 2.85. The topological polar surface area (TPSA) is 28.2 Å². The molecule has 0 aromatic carbocycles. The molecule has 1 aromatic rings. The maximum absolute atomic E-state index is 4.72. The lowest BCUT2D eigenvalue weighted by molar-refractivity contribution is 0.529. The molecule has 1 unspecified atom stereocenters. The molecule has 20 heavy (non-hydrogen) atoms. The van der Waals surface area contributed by atoms with Crippen LogP contribution in [0.3, 0.4) is 0 Å². The molecule has 0 amide bonds. The number of aromatic nitrogens is 1. The Bertz CT molecular complexity index is 428. The first-order valence-corrected chi connectivity index (χ1v) is 8.04. The van der Waals surface area contributed by atoms with Crippen LogP contribution in [0.5, 0.6) is 0 Å². The fourth-order valence-corrected chi connectivity index (χ4v) is 3.04. The van der Waals surface area contributed by atoms with Gasteiger partial charge in [-0.1, -0.05) is 27.2 Å². The zero-order chi connectivity index (χ0) is 14.5. The Balaban J connectivity index is 1.99. The van der Waals surface area contributed by atoms with Gasteiger partial charge in [-0.3, -0.25) is 0 Å². The Morgan fingerprint density at radius 1 is 1.45 bits per heavy atom. The van der Waals surface area contributed by atoms with Gasteiger partial charge < -0.3 is 10.2 Å². The number of nitrogens with one attached hydrogen (secondary N) is 1. The van der Waals surface area contributed by atoms with E-state index in [1.165, 1.54) is 49.3 Å². The molecule has 1 fully saturated rings. The highest BCUT2D eigenvalue weighted by atomic mass is 15.2. The fourth-order valence-electron chi connectivity index (χ4n) is 3.04. The summed E-state index contributed by atoms with van der Waals surface area (Å²) in [6.45, 7) is 12.1. The highest BCUT2D eigenvalue weighted by Gasteiger charge is 2.23. The molecule has 0 bridgehead atoms. The Morgan fingerprint density at radius 2 is 2.25 bits per heavy atom. The van der Waals surface area contributed by atoms with Crippen LogP contribution in [0.4, 0.5) is 5.82 Å². The number of hydrogen-bond donors (Lipinski definition) is 1. The smallest absolute Gasteiger partial charge is 0.131 e. The van der Waals surface area contributed by atoms with E-state index in [4.69, 9.17) is 4.98 Å². The third-order valence-corrected chi connectivity index (χ3v) is 4.10. The van der Waals surface area contributed by atoms with Crippen LogP contribution in [-0.2, 0) is 6.54 Å². The molecule has 1 N–H and O–H groups in total. The summed E-state index contributed by atoms with van der Waals surface area (Å²) in [6, 6.07) is 2.80. The molecule has 1 aliphatic heterocycles. The highest BCUT2D eigenvalue weighted by Crippen LogP contribution is 2.27. The molecular weight excluding hydrogens is 246 g/mol. The number of anilines is 1. The van der Waals surface area contributed by atoms with Gasteiger partial charge in [0.1, 0.15) is 5.82 Å². The third kappa shape index (κ3) is 3.95. The van der Waals surface area contributed by atoms with Gasteiger partial charge in [0.25, 0.3) is 0 Å². The van der Waals surface area contributed by atoms with Gasteiger partial charge >= 0.3 is 0 Å². The molecule has 1 aliphatic rings. The number of nitrogens with zero attached hydrogens (tertiary/aromatic N) is 2. The van der Waals surface area contributed by atoms with Gasteiger partial charge in [0, 0.05) is 31.9 Å². The van der Waals surface area contributed by atoms with Crippen molar-refractivity contribution in [3.05, 3.63) is 23.4 Å². The Morgan fingerprint density at radius 3 is 2.90 bits per heavy atom. The molecule has 0 aliphatic carbocycles. The molecule has 0 spiro atoms. The first kappa shape index (κ1) is 15.3. The molecular formula is C17H29N3. The number of rotatable bonds is 6. The third-order valence-electron chi connectivity index (χ3n) is 4.10. The van der Waals surface area contributed by atoms with E-state index in [0.29, 0.717) is 6.04 Å². The Kier molecular flexibility index (Phi) is 5.41. The maximum Gasteiger partial charge on any atom is 0.131 e. The number of aryl methyl sites for hydroxylation is 1. The van der Waals surface area contributed by atoms with Crippen molar-refractivity contribution in [2.24, 2.45) is 5.92 Å². The zero-order valence-electron chi connectivity index (χ0n) is 13.4. The van der Waals surface area contributed by atoms with E-state index in [2.05, 4.69) is 44.0 Å². The van der Waals surface area contributed by atoms with Crippen LogP contribution in [0.15, 0.2) is 12.3 Å². The SMILES string of the molecule is CCCC1CCN(c2ncc(CNC(C)C)cc2C)C1. The predicted octanol–water partition coefficient (Wildman–Crippen LogP) is 3.51. The molecule has 1 saturated heterocycles. The molecule has 1 atom stereocenters. The van der Waals surface area contributed by atoms with Gasteiger partial charge in [-0.05, 0) is 42.9 Å². The van der Waals surface area contributed by atoms with E-state index >= 15 is 0 Å². The minimum atomic E-state index is 0.517. The van der Waals surface area contributed by atoms with Crippen molar-refractivity contribution in [2.75, 3.05) is 18.0 Å². The molecule has 3 nitrogen and oxygen atoms in total. The Hall–Kier alpha value is -1.09. The van der Waals surface area contributed by atoms with E-state index < -0.39 is 0 Å². The van der Waals surface area contributed by atoms with Gasteiger partial charge in [0.2, 0.25) is 0 Å². The van der Waals surface area contributed by atoms with Crippen molar-refractivity contribution in [1.82, 2.24) is 10.3 Å². The highest BCUT2D eigenvalue weighted by molar-refractivity contribution is 5.48. The van der Waals surface area contributed by atoms with Crippen LogP contribution in [0.25, 0.3) is 0 Å². The monoisotopic (exact) mass is 275 g/mol. The van der Waals surface area contributed by atoms with E-state index in [-0.39, 0.29) is 0 Å². The van der Waals surface area contributed by atoms with Crippen LogP contribution >= 0.6 is 0 Å². The van der Waals surface area contributed by atoms with Gasteiger partial charge in [0.05, 0.1) is 0 Å². The minimum absolute atomic E-state index is 0.517. The van der Waals surface area contributed by atoms with Crippen LogP contribution in [0.2, 0.25) is 0 Å². The van der Waals surface area contributed by atoms with Gasteiger partial charge in [-0.2, -0.15) is 0 Å². The van der Waals surface area contributed by atoms with Crippen molar-refractivity contribution in [3.8, 4) is 0 Å². The van der Waals surface area contributed by atoms with Crippen LogP contribution in [0, 0.1) is 12.8 Å².